The van der Waals surface area contributed by atoms with E-state index in [0.717, 1.165) is 24.6 Å². The highest BCUT2D eigenvalue weighted by Gasteiger charge is 2.34. The van der Waals surface area contributed by atoms with E-state index >= 15 is 0 Å². The summed E-state index contributed by atoms with van der Waals surface area (Å²) in [5.74, 6) is 0.0743. The molecule has 27 heavy (non-hydrogen) atoms. The molecule has 2 aliphatic rings. The lowest BCUT2D eigenvalue weighted by Gasteiger charge is -2.42. The van der Waals surface area contributed by atoms with Crippen molar-refractivity contribution < 1.29 is 4.79 Å². The van der Waals surface area contributed by atoms with Gasteiger partial charge in [0.25, 0.3) is 0 Å². The molecule has 1 N–H and O–H groups in total. The van der Waals surface area contributed by atoms with Crippen molar-refractivity contribution in [3.05, 3.63) is 36.0 Å². The fourth-order valence-electron chi connectivity index (χ4n) is 4.79. The first-order chi connectivity index (χ1) is 13.0. The van der Waals surface area contributed by atoms with E-state index in [1.807, 2.05) is 13.8 Å². The van der Waals surface area contributed by atoms with Crippen LogP contribution in [0.4, 0.5) is 0 Å². The lowest BCUT2D eigenvalue weighted by molar-refractivity contribution is -0.122. The Labute approximate surface area is 162 Å². The molecule has 2 saturated heterocycles. The SMILES string of the molecule is CC(C)NC(=O)Cn1cc(CN2C[C@@H]3CCCN3C[C@@H]2C)c2ccccc21. The molecule has 2 aromatic rings. The predicted octanol–water partition coefficient (Wildman–Crippen LogP) is 2.83. The number of aromatic nitrogens is 1. The maximum Gasteiger partial charge on any atom is 0.240 e. The van der Waals surface area contributed by atoms with E-state index in [1.165, 1.54) is 36.9 Å². The number of hydrogen-bond donors (Lipinski definition) is 1. The third-order valence-corrected chi connectivity index (χ3v) is 6.07. The Morgan fingerprint density at radius 3 is 2.89 bits per heavy atom. The Hall–Kier alpha value is -1.85. The normalized spacial score (nSPS) is 23.9. The summed E-state index contributed by atoms with van der Waals surface area (Å²) in [4.78, 5) is 17.6. The van der Waals surface area contributed by atoms with Crippen LogP contribution in [0, 0.1) is 0 Å². The van der Waals surface area contributed by atoms with Crippen molar-refractivity contribution in [2.45, 2.75) is 64.8 Å². The van der Waals surface area contributed by atoms with Gasteiger partial charge in [0.15, 0.2) is 0 Å². The molecule has 1 aromatic heterocycles. The van der Waals surface area contributed by atoms with E-state index < -0.39 is 0 Å². The second-order valence-electron chi connectivity index (χ2n) is 8.59. The summed E-state index contributed by atoms with van der Waals surface area (Å²) in [6, 6.07) is 9.95. The Kier molecular flexibility index (Phi) is 5.24. The largest absolute Gasteiger partial charge is 0.352 e. The summed E-state index contributed by atoms with van der Waals surface area (Å²) in [6.45, 7) is 11.3. The Bertz CT molecular complexity index is 812. The van der Waals surface area contributed by atoms with Crippen LogP contribution < -0.4 is 5.32 Å². The lowest BCUT2D eigenvalue weighted by atomic mass is 10.1. The van der Waals surface area contributed by atoms with Crippen LogP contribution in [0.5, 0.6) is 0 Å². The number of nitrogens with one attached hydrogen (secondary N) is 1. The molecule has 0 saturated carbocycles. The van der Waals surface area contributed by atoms with Gasteiger partial charge >= 0.3 is 0 Å². The van der Waals surface area contributed by atoms with Gasteiger partial charge in [0, 0.05) is 54.9 Å². The zero-order chi connectivity index (χ0) is 19.0. The van der Waals surface area contributed by atoms with Crippen molar-refractivity contribution in [3.8, 4) is 0 Å². The average molecular weight is 369 g/mol. The highest BCUT2D eigenvalue weighted by atomic mass is 16.2. The van der Waals surface area contributed by atoms with Crippen molar-refractivity contribution in [2.24, 2.45) is 0 Å². The molecule has 5 heteroatoms. The minimum atomic E-state index is 0.0743. The van der Waals surface area contributed by atoms with Gasteiger partial charge in [0.05, 0.1) is 0 Å². The van der Waals surface area contributed by atoms with Crippen molar-refractivity contribution in [3.63, 3.8) is 0 Å². The molecule has 0 spiro atoms. The topological polar surface area (TPSA) is 40.5 Å². The molecule has 3 heterocycles. The molecule has 5 nitrogen and oxygen atoms in total. The van der Waals surface area contributed by atoms with E-state index in [4.69, 9.17) is 0 Å². The van der Waals surface area contributed by atoms with Crippen LogP contribution in [0.25, 0.3) is 10.9 Å². The molecular weight excluding hydrogens is 336 g/mol. The molecular formula is C22H32N4O. The van der Waals surface area contributed by atoms with Gasteiger partial charge in [-0.25, -0.2) is 0 Å². The molecule has 0 radical (unpaired) electrons. The predicted molar refractivity (Wildman–Crippen MR) is 110 cm³/mol. The van der Waals surface area contributed by atoms with Gasteiger partial charge in [-0.15, -0.1) is 0 Å². The van der Waals surface area contributed by atoms with Gasteiger partial charge in [-0.05, 0) is 51.8 Å². The number of rotatable bonds is 5. The van der Waals surface area contributed by atoms with E-state index in [-0.39, 0.29) is 11.9 Å². The molecule has 2 atom stereocenters. The molecule has 146 valence electrons. The number of para-hydroxylation sites is 1. The molecule has 0 bridgehead atoms. The number of benzene rings is 1. The summed E-state index contributed by atoms with van der Waals surface area (Å²) >= 11 is 0. The molecule has 1 amide bonds. The maximum absolute atomic E-state index is 12.3. The molecule has 0 unspecified atom stereocenters. The van der Waals surface area contributed by atoms with Gasteiger partial charge in [-0.1, -0.05) is 18.2 Å². The van der Waals surface area contributed by atoms with Crippen LogP contribution in [-0.4, -0.2) is 58.0 Å². The zero-order valence-corrected chi connectivity index (χ0v) is 16.8. The van der Waals surface area contributed by atoms with Crippen molar-refractivity contribution in [1.82, 2.24) is 19.7 Å². The number of hydrogen-bond acceptors (Lipinski definition) is 3. The summed E-state index contributed by atoms with van der Waals surface area (Å²) in [7, 11) is 0. The summed E-state index contributed by atoms with van der Waals surface area (Å²) < 4.78 is 2.11. The van der Waals surface area contributed by atoms with Crippen LogP contribution in [0.1, 0.15) is 39.2 Å². The van der Waals surface area contributed by atoms with Gasteiger partial charge in [-0.2, -0.15) is 0 Å². The van der Waals surface area contributed by atoms with Gasteiger partial charge in [0.2, 0.25) is 5.91 Å². The highest BCUT2D eigenvalue weighted by molar-refractivity contribution is 5.86. The van der Waals surface area contributed by atoms with Crippen molar-refractivity contribution in [1.29, 1.82) is 0 Å². The molecule has 0 aliphatic carbocycles. The van der Waals surface area contributed by atoms with E-state index in [0.29, 0.717) is 12.6 Å². The molecule has 2 fully saturated rings. The zero-order valence-electron chi connectivity index (χ0n) is 16.8. The molecule has 2 aliphatic heterocycles. The quantitative estimate of drug-likeness (QED) is 0.882. The van der Waals surface area contributed by atoms with Gasteiger partial charge in [-0.3, -0.25) is 14.6 Å². The Morgan fingerprint density at radius 2 is 2.07 bits per heavy atom. The minimum Gasteiger partial charge on any atom is -0.352 e. The summed E-state index contributed by atoms with van der Waals surface area (Å²) in [5, 5.41) is 4.28. The lowest BCUT2D eigenvalue weighted by Crippen LogP contribution is -2.54. The average Bonchev–Trinajstić information content (AvgIpc) is 3.20. The monoisotopic (exact) mass is 368 g/mol. The third-order valence-electron chi connectivity index (χ3n) is 6.07. The Morgan fingerprint density at radius 1 is 1.26 bits per heavy atom. The van der Waals surface area contributed by atoms with Crippen LogP contribution in [-0.2, 0) is 17.9 Å². The van der Waals surface area contributed by atoms with E-state index in [9.17, 15) is 4.79 Å². The Balaban J connectivity index is 1.55. The standard InChI is InChI=1S/C22H32N4O/c1-16(2)23-22(27)15-26-13-18(20-8-4-5-9-21(20)26)12-25-14-19-7-6-10-24(19)11-17(25)3/h4-5,8-9,13,16-17,19H,6-7,10-12,14-15H2,1-3H3,(H,23,27)/t17-,19-/m0/s1. The summed E-state index contributed by atoms with van der Waals surface area (Å²) in [5.41, 5.74) is 2.49. The number of nitrogens with zero attached hydrogens (tertiary/aromatic N) is 3. The maximum atomic E-state index is 12.3. The van der Waals surface area contributed by atoms with Crippen LogP contribution in [0.3, 0.4) is 0 Å². The van der Waals surface area contributed by atoms with Gasteiger partial charge in [0.1, 0.15) is 6.54 Å². The fourth-order valence-corrected chi connectivity index (χ4v) is 4.79. The van der Waals surface area contributed by atoms with E-state index in [2.05, 4.69) is 57.1 Å². The second-order valence-corrected chi connectivity index (χ2v) is 8.59. The third kappa shape index (κ3) is 3.90. The van der Waals surface area contributed by atoms with E-state index in [1.54, 1.807) is 0 Å². The van der Waals surface area contributed by atoms with Crippen LogP contribution >= 0.6 is 0 Å². The smallest absolute Gasteiger partial charge is 0.240 e. The van der Waals surface area contributed by atoms with Crippen LogP contribution in [0.15, 0.2) is 30.5 Å². The molecule has 1 aromatic carbocycles. The number of fused-ring (bicyclic) bond motifs is 2. The summed E-state index contributed by atoms with van der Waals surface area (Å²) in [6.07, 6.45) is 4.87. The molecule has 4 rings (SSSR count). The fraction of sp³-hybridized carbons (Fsp3) is 0.591. The number of amides is 1. The minimum absolute atomic E-state index is 0.0743. The first kappa shape index (κ1) is 18.5. The highest BCUT2D eigenvalue weighted by Crippen LogP contribution is 2.28. The number of carbonyl (C=O) groups excluding carboxylic acids is 1. The first-order valence-electron chi connectivity index (χ1n) is 10.4. The number of carbonyl (C=O) groups is 1. The number of piperazine rings is 1. The van der Waals surface area contributed by atoms with Gasteiger partial charge < -0.3 is 9.88 Å². The first-order valence-corrected chi connectivity index (χ1v) is 10.4. The van der Waals surface area contributed by atoms with Crippen molar-refractivity contribution >= 4 is 16.8 Å². The second kappa shape index (κ2) is 7.64. The van der Waals surface area contributed by atoms with Crippen LogP contribution in [0.2, 0.25) is 0 Å². The van der Waals surface area contributed by atoms with Crippen molar-refractivity contribution in [2.75, 3.05) is 19.6 Å².